The van der Waals surface area contributed by atoms with Gasteiger partial charge in [-0.1, -0.05) is 0 Å². The number of hydrogen-bond acceptors (Lipinski definition) is 4. The number of fused-ring (bicyclic) bond motifs is 1. The molecule has 0 saturated carbocycles. The highest BCUT2D eigenvalue weighted by molar-refractivity contribution is 7.15. The quantitative estimate of drug-likeness (QED) is 0.864. The first kappa shape index (κ1) is 9.66. The molecule has 4 heteroatoms. The van der Waals surface area contributed by atoms with E-state index >= 15 is 0 Å². The van der Waals surface area contributed by atoms with Crippen molar-refractivity contribution in [3.8, 4) is 16.3 Å². The SMILES string of the molecule is COc1ccc(-c2nc3c(s2)CCN3)cc1. The molecule has 3 nitrogen and oxygen atoms in total. The van der Waals surface area contributed by atoms with Crippen LogP contribution < -0.4 is 10.1 Å². The molecule has 0 atom stereocenters. The monoisotopic (exact) mass is 232 g/mol. The number of hydrogen-bond donors (Lipinski definition) is 1. The van der Waals surface area contributed by atoms with Crippen LogP contribution in [0, 0.1) is 0 Å². The summed E-state index contributed by atoms with van der Waals surface area (Å²) in [4.78, 5) is 5.95. The highest BCUT2D eigenvalue weighted by Gasteiger charge is 2.16. The Morgan fingerprint density at radius 2 is 2.12 bits per heavy atom. The standard InChI is InChI=1S/C12H12N2OS/c1-15-9-4-2-8(3-5-9)12-14-11-10(16-12)6-7-13-11/h2-5,13H,6-7H2,1H3. The third-order valence-electron chi connectivity index (χ3n) is 2.68. The molecule has 1 aliphatic rings. The first-order chi connectivity index (χ1) is 7.86. The van der Waals surface area contributed by atoms with Crippen molar-refractivity contribution in [2.24, 2.45) is 0 Å². The van der Waals surface area contributed by atoms with Gasteiger partial charge in [0.15, 0.2) is 0 Å². The molecule has 82 valence electrons. The van der Waals surface area contributed by atoms with Crippen molar-refractivity contribution in [1.29, 1.82) is 0 Å². The molecule has 3 rings (SSSR count). The topological polar surface area (TPSA) is 34.1 Å². The van der Waals surface area contributed by atoms with Crippen LogP contribution >= 0.6 is 11.3 Å². The Morgan fingerprint density at radius 3 is 2.81 bits per heavy atom. The van der Waals surface area contributed by atoms with Gasteiger partial charge in [0.05, 0.1) is 12.0 Å². The molecule has 0 aliphatic carbocycles. The molecule has 1 N–H and O–H groups in total. The molecule has 0 saturated heterocycles. The highest BCUT2D eigenvalue weighted by Crippen LogP contribution is 2.34. The second kappa shape index (κ2) is 3.79. The molecular formula is C12H12N2OS. The molecule has 16 heavy (non-hydrogen) atoms. The van der Waals surface area contributed by atoms with E-state index in [2.05, 4.69) is 10.3 Å². The number of nitrogens with one attached hydrogen (secondary N) is 1. The molecule has 1 aromatic carbocycles. The molecule has 0 spiro atoms. The lowest BCUT2D eigenvalue weighted by atomic mass is 10.2. The number of aromatic nitrogens is 1. The Morgan fingerprint density at radius 1 is 1.31 bits per heavy atom. The summed E-state index contributed by atoms with van der Waals surface area (Å²) in [5, 5.41) is 4.37. The average molecular weight is 232 g/mol. The summed E-state index contributed by atoms with van der Waals surface area (Å²) in [6.07, 6.45) is 1.10. The summed E-state index contributed by atoms with van der Waals surface area (Å²) in [5.74, 6) is 1.95. The van der Waals surface area contributed by atoms with Gasteiger partial charge in [0, 0.05) is 18.5 Å². The van der Waals surface area contributed by atoms with Crippen LogP contribution in [0.3, 0.4) is 0 Å². The van der Waals surface area contributed by atoms with Crippen molar-refractivity contribution in [2.45, 2.75) is 6.42 Å². The second-order valence-corrected chi connectivity index (χ2v) is 4.78. The zero-order valence-corrected chi connectivity index (χ0v) is 9.80. The summed E-state index contributed by atoms with van der Waals surface area (Å²) in [6, 6.07) is 8.03. The molecule has 1 aromatic heterocycles. The second-order valence-electron chi connectivity index (χ2n) is 3.70. The van der Waals surface area contributed by atoms with Gasteiger partial charge in [-0.25, -0.2) is 4.98 Å². The fourth-order valence-corrected chi connectivity index (χ4v) is 2.85. The van der Waals surface area contributed by atoms with Gasteiger partial charge in [0.1, 0.15) is 16.6 Å². The zero-order valence-electron chi connectivity index (χ0n) is 8.99. The molecule has 1 aliphatic heterocycles. The average Bonchev–Trinajstić information content (AvgIpc) is 2.89. The normalized spacial score (nSPS) is 13.3. The van der Waals surface area contributed by atoms with Crippen LogP contribution in [-0.2, 0) is 6.42 Å². The third kappa shape index (κ3) is 1.55. The van der Waals surface area contributed by atoms with E-state index in [0.29, 0.717) is 0 Å². The maximum Gasteiger partial charge on any atom is 0.141 e. The van der Waals surface area contributed by atoms with Crippen LogP contribution in [0.1, 0.15) is 4.88 Å². The molecule has 2 heterocycles. The largest absolute Gasteiger partial charge is 0.497 e. The summed E-state index contributed by atoms with van der Waals surface area (Å²) >= 11 is 1.77. The molecule has 0 unspecified atom stereocenters. The predicted molar refractivity (Wildman–Crippen MR) is 66.3 cm³/mol. The van der Waals surface area contributed by atoms with E-state index in [-0.39, 0.29) is 0 Å². The van der Waals surface area contributed by atoms with Crippen LogP contribution in [-0.4, -0.2) is 18.6 Å². The third-order valence-corrected chi connectivity index (χ3v) is 3.84. The lowest BCUT2D eigenvalue weighted by molar-refractivity contribution is 0.415. The van der Waals surface area contributed by atoms with Gasteiger partial charge >= 0.3 is 0 Å². The van der Waals surface area contributed by atoms with E-state index in [1.807, 2.05) is 24.3 Å². The van der Waals surface area contributed by atoms with Gasteiger partial charge in [0.2, 0.25) is 0 Å². The summed E-state index contributed by atoms with van der Waals surface area (Å²) in [6.45, 7) is 1.02. The number of nitrogens with zero attached hydrogens (tertiary/aromatic N) is 1. The Kier molecular flexibility index (Phi) is 2.29. The summed E-state index contributed by atoms with van der Waals surface area (Å²) in [5.41, 5.74) is 1.15. The smallest absolute Gasteiger partial charge is 0.141 e. The Labute approximate surface area is 98.1 Å². The van der Waals surface area contributed by atoms with Crippen molar-refractivity contribution in [3.63, 3.8) is 0 Å². The molecule has 0 amide bonds. The van der Waals surface area contributed by atoms with Crippen LogP contribution in [0.5, 0.6) is 5.75 Å². The van der Waals surface area contributed by atoms with Crippen LogP contribution in [0.4, 0.5) is 5.82 Å². The minimum atomic E-state index is 0.881. The van der Waals surface area contributed by atoms with Crippen LogP contribution in [0.15, 0.2) is 24.3 Å². The highest BCUT2D eigenvalue weighted by atomic mass is 32.1. The minimum absolute atomic E-state index is 0.881. The predicted octanol–water partition coefficient (Wildman–Crippen LogP) is 2.79. The fourth-order valence-electron chi connectivity index (χ4n) is 1.81. The van der Waals surface area contributed by atoms with E-state index in [0.717, 1.165) is 35.1 Å². The van der Waals surface area contributed by atoms with Gasteiger partial charge in [0.25, 0.3) is 0 Å². The lowest BCUT2D eigenvalue weighted by Gasteiger charge is -2.00. The van der Waals surface area contributed by atoms with E-state index in [1.165, 1.54) is 4.88 Å². The Hall–Kier alpha value is -1.55. The van der Waals surface area contributed by atoms with Gasteiger partial charge in [-0.3, -0.25) is 0 Å². The maximum absolute atomic E-state index is 5.14. The number of methoxy groups -OCH3 is 1. The fraction of sp³-hybridized carbons (Fsp3) is 0.250. The Balaban J connectivity index is 1.95. The molecule has 0 bridgehead atoms. The Bertz CT molecular complexity index is 483. The van der Waals surface area contributed by atoms with Crippen molar-refractivity contribution in [3.05, 3.63) is 29.1 Å². The number of ether oxygens (including phenoxy) is 1. The van der Waals surface area contributed by atoms with Crippen molar-refractivity contribution >= 4 is 17.2 Å². The number of anilines is 1. The lowest BCUT2D eigenvalue weighted by Crippen LogP contribution is -1.93. The van der Waals surface area contributed by atoms with Crippen molar-refractivity contribution in [2.75, 3.05) is 19.0 Å². The molecule has 0 radical (unpaired) electrons. The van der Waals surface area contributed by atoms with E-state index in [4.69, 9.17) is 4.74 Å². The molecule has 0 fully saturated rings. The van der Waals surface area contributed by atoms with Gasteiger partial charge in [-0.15, -0.1) is 11.3 Å². The van der Waals surface area contributed by atoms with Crippen LogP contribution in [0.25, 0.3) is 10.6 Å². The molecule has 2 aromatic rings. The van der Waals surface area contributed by atoms with Crippen molar-refractivity contribution < 1.29 is 4.74 Å². The van der Waals surface area contributed by atoms with Gasteiger partial charge in [-0.2, -0.15) is 0 Å². The van der Waals surface area contributed by atoms with E-state index in [1.54, 1.807) is 18.4 Å². The van der Waals surface area contributed by atoms with E-state index in [9.17, 15) is 0 Å². The van der Waals surface area contributed by atoms with E-state index < -0.39 is 0 Å². The number of rotatable bonds is 2. The van der Waals surface area contributed by atoms with Gasteiger partial charge < -0.3 is 10.1 Å². The summed E-state index contributed by atoms with van der Waals surface area (Å²) in [7, 11) is 1.68. The minimum Gasteiger partial charge on any atom is -0.497 e. The first-order valence-electron chi connectivity index (χ1n) is 5.25. The zero-order chi connectivity index (χ0) is 11.0. The molecular weight excluding hydrogens is 220 g/mol. The number of benzene rings is 1. The maximum atomic E-state index is 5.14. The number of thiazole rings is 1. The van der Waals surface area contributed by atoms with Crippen LogP contribution in [0.2, 0.25) is 0 Å². The summed E-state index contributed by atoms with van der Waals surface area (Å²) < 4.78 is 5.14. The van der Waals surface area contributed by atoms with Crippen molar-refractivity contribution in [1.82, 2.24) is 4.98 Å². The first-order valence-corrected chi connectivity index (χ1v) is 6.06. The van der Waals surface area contributed by atoms with Gasteiger partial charge in [-0.05, 0) is 24.3 Å².